The fourth-order valence-electron chi connectivity index (χ4n) is 2.10. The lowest BCUT2D eigenvalue weighted by molar-refractivity contribution is 0.461. The highest BCUT2D eigenvalue weighted by Crippen LogP contribution is 2.27. The maximum atomic E-state index is 5.98. The molecule has 0 bridgehead atoms. The molecule has 0 N–H and O–H groups in total. The van der Waals surface area contributed by atoms with E-state index in [1.54, 1.807) is 12.1 Å². The largest absolute Gasteiger partial charge is 0.439 e. The number of hydrogen-bond donors (Lipinski definition) is 0. The molecule has 0 radical (unpaired) electrons. The number of aromatic nitrogens is 1. The smallest absolute Gasteiger partial charge is 0.219 e. The number of ether oxygens (including phenoxy) is 1. The van der Waals surface area contributed by atoms with Gasteiger partial charge in [-0.25, -0.2) is 4.98 Å². The first-order chi connectivity index (χ1) is 9.51. The summed E-state index contributed by atoms with van der Waals surface area (Å²) in [4.78, 5) is 4.29. The Bertz CT molecular complexity index is 611. The summed E-state index contributed by atoms with van der Waals surface area (Å²) in [7, 11) is 0. The molecule has 2 aromatic rings. The van der Waals surface area contributed by atoms with Crippen molar-refractivity contribution in [2.75, 3.05) is 0 Å². The Morgan fingerprint density at radius 2 is 1.95 bits per heavy atom. The quantitative estimate of drug-likeness (QED) is 0.676. The number of nitrogens with zero attached hydrogens (tertiary/aromatic N) is 1. The molecule has 0 aliphatic carbocycles. The zero-order valence-corrected chi connectivity index (χ0v) is 13.3. The Labute approximate surface area is 129 Å². The first kappa shape index (κ1) is 15.1. The van der Waals surface area contributed by atoms with Crippen molar-refractivity contribution in [1.29, 1.82) is 0 Å². The molecule has 2 rings (SSSR count). The molecule has 0 spiro atoms. The molecule has 0 aliphatic heterocycles. The molecule has 0 saturated carbocycles. The molecule has 0 amide bonds. The predicted octanol–water partition coefficient (Wildman–Crippen LogP) is 5.70. The average Bonchev–Trinajstić information content (AvgIpc) is 2.40. The summed E-state index contributed by atoms with van der Waals surface area (Å²) in [5, 5.41) is 0.554. The fraction of sp³-hybridized carbons (Fsp3) is 0.312. The Morgan fingerprint density at radius 3 is 2.55 bits per heavy atom. The van der Waals surface area contributed by atoms with E-state index in [2.05, 4.69) is 31.8 Å². The first-order valence-corrected chi connectivity index (χ1v) is 7.42. The topological polar surface area (TPSA) is 22.1 Å². The maximum Gasteiger partial charge on any atom is 0.219 e. The van der Waals surface area contributed by atoms with Crippen molar-refractivity contribution in [3.8, 4) is 11.6 Å². The standard InChI is InChI=1S/C16H17Cl2NO/c1-10(2)13-5-4-12(8-11(13)3)20-16-7-6-14(18)15(9-17)19-16/h4-8,10H,9H2,1-3H3. The zero-order valence-electron chi connectivity index (χ0n) is 11.8. The van der Waals surface area contributed by atoms with Crippen LogP contribution in [0.3, 0.4) is 0 Å². The summed E-state index contributed by atoms with van der Waals surface area (Å²) in [6.07, 6.45) is 0. The second kappa shape index (κ2) is 6.47. The third-order valence-electron chi connectivity index (χ3n) is 3.11. The van der Waals surface area contributed by atoms with Gasteiger partial charge in [-0.15, -0.1) is 11.6 Å². The van der Waals surface area contributed by atoms with Crippen LogP contribution >= 0.6 is 23.2 Å². The van der Waals surface area contributed by atoms with Gasteiger partial charge < -0.3 is 4.74 Å². The number of hydrogen-bond acceptors (Lipinski definition) is 2. The van der Waals surface area contributed by atoms with E-state index in [1.807, 2.05) is 12.1 Å². The molecule has 20 heavy (non-hydrogen) atoms. The van der Waals surface area contributed by atoms with Crippen molar-refractivity contribution < 1.29 is 4.74 Å². The van der Waals surface area contributed by atoms with Gasteiger partial charge in [0.2, 0.25) is 5.88 Å². The van der Waals surface area contributed by atoms with Gasteiger partial charge in [-0.3, -0.25) is 0 Å². The van der Waals surface area contributed by atoms with Crippen LogP contribution < -0.4 is 4.74 Å². The molecule has 1 aromatic carbocycles. The van der Waals surface area contributed by atoms with Crippen LogP contribution in [0.5, 0.6) is 11.6 Å². The lowest BCUT2D eigenvalue weighted by Crippen LogP contribution is -1.95. The summed E-state index contributed by atoms with van der Waals surface area (Å²) in [5.74, 6) is 2.03. The van der Waals surface area contributed by atoms with Gasteiger partial charge in [-0.1, -0.05) is 31.5 Å². The lowest BCUT2D eigenvalue weighted by Gasteiger charge is -2.12. The Morgan fingerprint density at radius 1 is 1.20 bits per heavy atom. The van der Waals surface area contributed by atoms with Crippen LogP contribution in [0.15, 0.2) is 30.3 Å². The van der Waals surface area contributed by atoms with Crippen molar-refractivity contribution in [1.82, 2.24) is 4.98 Å². The van der Waals surface area contributed by atoms with Crippen LogP contribution in [0.2, 0.25) is 5.02 Å². The van der Waals surface area contributed by atoms with Gasteiger partial charge in [0.05, 0.1) is 16.6 Å². The average molecular weight is 310 g/mol. The van der Waals surface area contributed by atoms with Crippen LogP contribution in [0, 0.1) is 6.92 Å². The molecule has 0 unspecified atom stereocenters. The number of halogens is 2. The Balaban J connectivity index is 2.24. The molecular formula is C16H17Cl2NO. The van der Waals surface area contributed by atoms with Crippen LogP contribution in [0.4, 0.5) is 0 Å². The highest BCUT2D eigenvalue weighted by Gasteiger charge is 2.07. The van der Waals surface area contributed by atoms with Gasteiger partial charge in [0.25, 0.3) is 0 Å². The van der Waals surface area contributed by atoms with Crippen LogP contribution in [-0.2, 0) is 5.88 Å². The lowest BCUT2D eigenvalue weighted by atomic mass is 9.98. The highest BCUT2D eigenvalue weighted by molar-refractivity contribution is 6.32. The van der Waals surface area contributed by atoms with Crippen molar-refractivity contribution in [3.63, 3.8) is 0 Å². The SMILES string of the molecule is Cc1cc(Oc2ccc(Cl)c(CCl)n2)ccc1C(C)C. The minimum absolute atomic E-state index is 0.265. The Hall–Kier alpha value is -1.25. The van der Waals surface area contributed by atoms with Crippen molar-refractivity contribution in [2.45, 2.75) is 32.6 Å². The number of pyridine rings is 1. The minimum atomic E-state index is 0.265. The van der Waals surface area contributed by atoms with E-state index in [1.165, 1.54) is 11.1 Å². The van der Waals surface area contributed by atoms with E-state index in [0.29, 0.717) is 22.5 Å². The fourth-order valence-corrected chi connectivity index (χ4v) is 2.54. The third-order valence-corrected chi connectivity index (χ3v) is 3.70. The number of rotatable bonds is 4. The number of alkyl halides is 1. The molecule has 4 heteroatoms. The highest BCUT2D eigenvalue weighted by atomic mass is 35.5. The van der Waals surface area contributed by atoms with Crippen LogP contribution in [0.25, 0.3) is 0 Å². The molecule has 2 nitrogen and oxygen atoms in total. The van der Waals surface area contributed by atoms with Crippen LogP contribution in [-0.4, -0.2) is 4.98 Å². The molecule has 0 aliphatic rings. The summed E-state index contributed by atoms with van der Waals surface area (Å²) in [6.45, 7) is 6.44. The van der Waals surface area contributed by atoms with Gasteiger partial charge in [0, 0.05) is 6.07 Å². The van der Waals surface area contributed by atoms with Crippen molar-refractivity contribution in [3.05, 3.63) is 52.2 Å². The summed E-state index contributed by atoms with van der Waals surface area (Å²) in [5.41, 5.74) is 3.16. The normalized spacial score (nSPS) is 10.9. The van der Waals surface area contributed by atoms with E-state index >= 15 is 0 Å². The van der Waals surface area contributed by atoms with E-state index in [4.69, 9.17) is 27.9 Å². The van der Waals surface area contributed by atoms with E-state index in [9.17, 15) is 0 Å². The molecule has 1 aromatic heterocycles. The second-order valence-electron chi connectivity index (χ2n) is 4.99. The van der Waals surface area contributed by atoms with Gasteiger partial charge >= 0.3 is 0 Å². The molecule has 106 valence electrons. The number of benzene rings is 1. The predicted molar refractivity (Wildman–Crippen MR) is 84.1 cm³/mol. The van der Waals surface area contributed by atoms with Crippen LogP contribution in [0.1, 0.15) is 36.6 Å². The Kier molecular flexibility index (Phi) is 4.90. The first-order valence-electron chi connectivity index (χ1n) is 6.51. The van der Waals surface area contributed by atoms with Gasteiger partial charge in [-0.2, -0.15) is 0 Å². The van der Waals surface area contributed by atoms with Crippen molar-refractivity contribution >= 4 is 23.2 Å². The molecule has 0 atom stereocenters. The molecule has 0 fully saturated rings. The number of aryl methyl sites for hydroxylation is 1. The van der Waals surface area contributed by atoms with Gasteiger partial charge in [0.1, 0.15) is 5.75 Å². The van der Waals surface area contributed by atoms with E-state index in [0.717, 1.165) is 5.75 Å². The van der Waals surface area contributed by atoms with E-state index in [-0.39, 0.29) is 5.88 Å². The minimum Gasteiger partial charge on any atom is -0.439 e. The second-order valence-corrected chi connectivity index (χ2v) is 5.66. The van der Waals surface area contributed by atoms with Gasteiger partial charge in [-0.05, 0) is 42.2 Å². The van der Waals surface area contributed by atoms with E-state index < -0.39 is 0 Å². The maximum absolute atomic E-state index is 5.98. The summed E-state index contributed by atoms with van der Waals surface area (Å²) < 4.78 is 5.76. The van der Waals surface area contributed by atoms with Gasteiger partial charge in [0.15, 0.2) is 0 Å². The zero-order chi connectivity index (χ0) is 14.7. The summed E-state index contributed by atoms with van der Waals surface area (Å²) in [6, 6.07) is 9.56. The summed E-state index contributed by atoms with van der Waals surface area (Å²) >= 11 is 11.8. The third kappa shape index (κ3) is 3.44. The van der Waals surface area contributed by atoms with Crippen molar-refractivity contribution in [2.24, 2.45) is 0 Å². The molecular weight excluding hydrogens is 293 g/mol. The molecule has 0 saturated heterocycles. The molecule has 1 heterocycles. The monoisotopic (exact) mass is 309 g/mol.